The predicted molar refractivity (Wildman–Crippen MR) is 155 cm³/mol. The summed E-state index contributed by atoms with van der Waals surface area (Å²) in [6.45, 7) is 0.903. The third kappa shape index (κ3) is 8.05. The van der Waals surface area contributed by atoms with Crippen molar-refractivity contribution in [1.29, 1.82) is 0 Å². The van der Waals surface area contributed by atoms with Crippen LogP contribution in [0.1, 0.15) is 44.6 Å². The van der Waals surface area contributed by atoms with Crippen molar-refractivity contribution in [3.63, 3.8) is 0 Å². The van der Waals surface area contributed by atoms with Crippen LogP contribution >= 0.6 is 58.0 Å². The van der Waals surface area contributed by atoms with E-state index in [1.54, 1.807) is 19.1 Å². The Kier molecular flexibility index (Phi) is 10.9. The molecule has 1 saturated carbocycles. The molecule has 2 amide bonds. The summed E-state index contributed by atoms with van der Waals surface area (Å²) in [4.78, 5) is 28.2. The van der Waals surface area contributed by atoms with E-state index < -0.39 is 28.5 Å². The average molecular weight is 644 g/mol. The molecule has 1 aliphatic rings. The summed E-state index contributed by atoms with van der Waals surface area (Å²) in [5.74, 6) is -0.983. The first-order chi connectivity index (χ1) is 17.8. The monoisotopic (exact) mass is 641 g/mol. The number of anilines is 1. The Labute approximate surface area is 248 Å². The number of benzene rings is 2. The number of hydrogen-bond donors (Lipinski definition) is 1. The van der Waals surface area contributed by atoms with Crippen LogP contribution in [0.4, 0.5) is 5.69 Å². The molecule has 0 saturated heterocycles. The van der Waals surface area contributed by atoms with E-state index in [-0.39, 0.29) is 39.2 Å². The summed E-state index contributed by atoms with van der Waals surface area (Å²) in [5.41, 5.74) is 0.529. The standard InChI is InChI=1S/C25H28Cl5N3O4S/c1-15(25(35)31-18-6-4-3-5-7-18)32(13-16-8-9-17(26)10-19(16)27)24(34)14-33(38(2,36)37)23-12-21(29)20(28)11-22(23)30/h8-12,15,18H,3-7,13-14H2,1-2H3,(H,31,35). The molecule has 7 nitrogen and oxygen atoms in total. The fourth-order valence-corrected chi connectivity index (χ4v) is 6.30. The van der Waals surface area contributed by atoms with Crippen molar-refractivity contribution in [2.24, 2.45) is 0 Å². The van der Waals surface area contributed by atoms with Crippen LogP contribution in [0.15, 0.2) is 30.3 Å². The van der Waals surface area contributed by atoms with Gasteiger partial charge in [0.05, 0.1) is 27.0 Å². The second-order valence-corrected chi connectivity index (χ2v) is 13.2. The van der Waals surface area contributed by atoms with Gasteiger partial charge in [-0.05, 0) is 49.6 Å². The third-order valence-corrected chi connectivity index (χ3v) is 9.15. The lowest BCUT2D eigenvalue weighted by atomic mass is 9.95. The van der Waals surface area contributed by atoms with Crippen LogP contribution in [0.2, 0.25) is 25.1 Å². The van der Waals surface area contributed by atoms with E-state index in [0.29, 0.717) is 15.6 Å². The Morgan fingerprint density at radius 3 is 2.18 bits per heavy atom. The minimum Gasteiger partial charge on any atom is -0.352 e. The summed E-state index contributed by atoms with van der Waals surface area (Å²) in [5, 5.41) is 3.94. The molecule has 0 spiro atoms. The van der Waals surface area contributed by atoms with E-state index in [4.69, 9.17) is 58.0 Å². The molecule has 2 aromatic carbocycles. The van der Waals surface area contributed by atoms with E-state index in [1.807, 2.05) is 0 Å². The average Bonchev–Trinajstić information content (AvgIpc) is 2.84. The number of rotatable bonds is 9. The minimum atomic E-state index is -4.00. The van der Waals surface area contributed by atoms with Gasteiger partial charge in [-0.1, -0.05) is 83.3 Å². The van der Waals surface area contributed by atoms with Crippen LogP contribution in [0.25, 0.3) is 0 Å². The number of nitrogens with zero attached hydrogens (tertiary/aromatic N) is 2. The van der Waals surface area contributed by atoms with Crippen molar-refractivity contribution in [1.82, 2.24) is 10.2 Å². The topological polar surface area (TPSA) is 86.8 Å². The van der Waals surface area contributed by atoms with Gasteiger partial charge in [0.1, 0.15) is 12.6 Å². The molecule has 0 aliphatic heterocycles. The molecule has 1 fully saturated rings. The zero-order valence-electron chi connectivity index (χ0n) is 20.8. The Morgan fingerprint density at radius 2 is 1.58 bits per heavy atom. The largest absolute Gasteiger partial charge is 0.352 e. The van der Waals surface area contributed by atoms with Gasteiger partial charge in [0, 0.05) is 22.6 Å². The molecule has 38 heavy (non-hydrogen) atoms. The normalized spacial score (nSPS) is 15.1. The number of sulfonamides is 1. The molecular weight excluding hydrogens is 616 g/mol. The maximum atomic E-state index is 13.7. The van der Waals surface area contributed by atoms with Gasteiger partial charge in [-0.25, -0.2) is 8.42 Å². The zero-order valence-corrected chi connectivity index (χ0v) is 25.4. The third-order valence-electron chi connectivity index (χ3n) is 6.41. The van der Waals surface area contributed by atoms with Gasteiger partial charge in [-0.3, -0.25) is 13.9 Å². The molecule has 0 radical (unpaired) electrons. The van der Waals surface area contributed by atoms with Crippen LogP contribution in [-0.4, -0.2) is 50.0 Å². The number of halogens is 5. The molecular formula is C25H28Cl5N3O4S. The van der Waals surface area contributed by atoms with Crippen LogP contribution in [0.5, 0.6) is 0 Å². The van der Waals surface area contributed by atoms with Crippen molar-refractivity contribution in [3.8, 4) is 0 Å². The van der Waals surface area contributed by atoms with Gasteiger partial charge in [0.2, 0.25) is 21.8 Å². The molecule has 2 aromatic rings. The fourth-order valence-electron chi connectivity index (χ4n) is 4.28. The lowest BCUT2D eigenvalue weighted by molar-refractivity contribution is -0.139. The fraction of sp³-hybridized carbons (Fsp3) is 0.440. The van der Waals surface area contributed by atoms with Crippen LogP contribution in [-0.2, 0) is 26.2 Å². The summed E-state index contributed by atoms with van der Waals surface area (Å²) in [6.07, 6.45) is 5.85. The molecule has 1 N–H and O–H groups in total. The molecule has 3 rings (SSSR count). The number of nitrogens with one attached hydrogen (secondary N) is 1. The SMILES string of the molecule is CC(C(=O)NC1CCCCC1)N(Cc1ccc(Cl)cc1Cl)C(=O)CN(c1cc(Cl)c(Cl)cc1Cl)S(C)(=O)=O. The Hall–Kier alpha value is -1.42. The summed E-state index contributed by atoms with van der Waals surface area (Å²) >= 11 is 30.8. The van der Waals surface area contributed by atoms with E-state index >= 15 is 0 Å². The second-order valence-electron chi connectivity index (χ2n) is 9.26. The highest BCUT2D eigenvalue weighted by atomic mass is 35.5. The van der Waals surface area contributed by atoms with Crippen molar-refractivity contribution in [3.05, 3.63) is 61.0 Å². The van der Waals surface area contributed by atoms with Gasteiger partial charge in [0.15, 0.2) is 0 Å². The number of amides is 2. The molecule has 1 aliphatic carbocycles. The van der Waals surface area contributed by atoms with E-state index in [2.05, 4.69) is 5.32 Å². The highest BCUT2D eigenvalue weighted by Crippen LogP contribution is 2.36. The minimum absolute atomic E-state index is 0.00647. The van der Waals surface area contributed by atoms with Crippen LogP contribution in [0.3, 0.4) is 0 Å². The molecule has 0 heterocycles. The lowest BCUT2D eigenvalue weighted by Crippen LogP contribution is -2.53. The Bertz CT molecular complexity index is 1300. The van der Waals surface area contributed by atoms with Gasteiger partial charge in [0.25, 0.3) is 0 Å². The number of carbonyl (C=O) groups is 2. The van der Waals surface area contributed by atoms with Crippen molar-refractivity contribution in [2.75, 3.05) is 17.1 Å². The first-order valence-electron chi connectivity index (χ1n) is 11.9. The first-order valence-corrected chi connectivity index (χ1v) is 15.7. The van der Waals surface area contributed by atoms with E-state index in [0.717, 1.165) is 42.7 Å². The van der Waals surface area contributed by atoms with Crippen molar-refractivity contribution >= 4 is 85.5 Å². The Morgan fingerprint density at radius 1 is 0.947 bits per heavy atom. The van der Waals surface area contributed by atoms with Gasteiger partial charge >= 0.3 is 0 Å². The van der Waals surface area contributed by atoms with Crippen molar-refractivity contribution < 1.29 is 18.0 Å². The first kappa shape index (κ1) is 31.1. The summed E-state index contributed by atoms with van der Waals surface area (Å²) < 4.78 is 26.4. The number of carbonyl (C=O) groups excluding carboxylic acids is 2. The van der Waals surface area contributed by atoms with E-state index in [1.165, 1.54) is 23.1 Å². The highest BCUT2D eigenvalue weighted by Gasteiger charge is 2.32. The maximum absolute atomic E-state index is 13.7. The summed E-state index contributed by atoms with van der Waals surface area (Å²) in [6, 6.07) is 6.48. The number of hydrogen-bond acceptors (Lipinski definition) is 4. The predicted octanol–water partition coefficient (Wildman–Crippen LogP) is 6.59. The van der Waals surface area contributed by atoms with E-state index in [9.17, 15) is 18.0 Å². The molecule has 1 unspecified atom stereocenters. The van der Waals surface area contributed by atoms with Crippen LogP contribution < -0.4 is 9.62 Å². The Balaban J connectivity index is 1.94. The molecule has 1 atom stereocenters. The lowest BCUT2D eigenvalue weighted by Gasteiger charge is -2.33. The molecule has 0 bridgehead atoms. The second kappa shape index (κ2) is 13.3. The van der Waals surface area contributed by atoms with Gasteiger partial charge in [-0.2, -0.15) is 0 Å². The van der Waals surface area contributed by atoms with Crippen molar-refractivity contribution in [2.45, 2.75) is 57.7 Å². The quantitative estimate of drug-likeness (QED) is 0.313. The maximum Gasteiger partial charge on any atom is 0.244 e. The molecule has 208 valence electrons. The summed E-state index contributed by atoms with van der Waals surface area (Å²) in [7, 11) is -4.00. The van der Waals surface area contributed by atoms with Gasteiger partial charge < -0.3 is 10.2 Å². The molecule has 13 heteroatoms. The zero-order chi connectivity index (χ0) is 28.2. The van der Waals surface area contributed by atoms with Crippen LogP contribution in [0, 0.1) is 0 Å². The highest BCUT2D eigenvalue weighted by molar-refractivity contribution is 7.92. The smallest absolute Gasteiger partial charge is 0.244 e. The molecule has 0 aromatic heterocycles. The van der Waals surface area contributed by atoms with Gasteiger partial charge in [-0.15, -0.1) is 0 Å².